The Hall–Kier alpha value is -0.620. The van der Waals surface area contributed by atoms with Crippen LogP contribution < -0.4 is 5.73 Å². The van der Waals surface area contributed by atoms with Gasteiger partial charge in [-0.25, -0.2) is 12.7 Å². The van der Waals surface area contributed by atoms with Crippen molar-refractivity contribution in [2.24, 2.45) is 11.7 Å². The number of carbonyl (C=O) groups is 1. The molecule has 1 saturated heterocycles. The molecule has 1 aliphatic rings. The average molecular weight is 233 g/mol. The van der Waals surface area contributed by atoms with Crippen molar-refractivity contribution in [3.05, 3.63) is 6.42 Å². The molecule has 0 unspecified atom stereocenters. The third kappa shape index (κ3) is 4.17. The van der Waals surface area contributed by atoms with Crippen LogP contribution in [-0.4, -0.2) is 38.0 Å². The Labute approximate surface area is 90.7 Å². The van der Waals surface area contributed by atoms with Crippen LogP contribution in [0.5, 0.6) is 0 Å². The highest BCUT2D eigenvalue weighted by atomic mass is 32.2. The van der Waals surface area contributed by atoms with Gasteiger partial charge in [0.2, 0.25) is 15.9 Å². The summed E-state index contributed by atoms with van der Waals surface area (Å²) in [7, 11) is -3.05. The summed E-state index contributed by atoms with van der Waals surface area (Å²) in [4.78, 5) is 10.6. The minimum Gasteiger partial charge on any atom is -0.370 e. The Bertz CT molecular complexity index is 318. The molecule has 0 bridgehead atoms. The summed E-state index contributed by atoms with van der Waals surface area (Å²) in [5, 5.41) is 0. The summed E-state index contributed by atoms with van der Waals surface area (Å²) in [5.41, 5.74) is 5.03. The molecule has 1 aliphatic heterocycles. The van der Waals surface area contributed by atoms with Gasteiger partial charge in [-0.05, 0) is 25.2 Å². The highest BCUT2D eigenvalue weighted by molar-refractivity contribution is 7.88. The minimum atomic E-state index is -3.05. The number of rotatable bonds is 4. The van der Waals surface area contributed by atoms with E-state index >= 15 is 0 Å². The van der Waals surface area contributed by atoms with Gasteiger partial charge in [0.05, 0.1) is 6.26 Å². The molecule has 0 aliphatic carbocycles. The van der Waals surface area contributed by atoms with Gasteiger partial charge in [-0.1, -0.05) is 0 Å². The molecule has 0 spiro atoms. The van der Waals surface area contributed by atoms with Crippen LogP contribution in [-0.2, 0) is 14.8 Å². The molecule has 6 heteroatoms. The lowest BCUT2D eigenvalue weighted by molar-refractivity contribution is -0.117. The number of hydrogen-bond acceptors (Lipinski definition) is 3. The molecule has 1 radical (unpaired) electrons. The molecule has 5 nitrogen and oxygen atoms in total. The van der Waals surface area contributed by atoms with Crippen LogP contribution in [0.2, 0.25) is 0 Å². The van der Waals surface area contributed by atoms with Gasteiger partial charge in [0.1, 0.15) is 0 Å². The molecule has 1 fully saturated rings. The lowest BCUT2D eigenvalue weighted by Crippen LogP contribution is -2.38. The molecule has 0 aromatic heterocycles. The number of hydrogen-bond donors (Lipinski definition) is 1. The first-order chi connectivity index (χ1) is 6.89. The molecule has 1 amide bonds. The summed E-state index contributed by atoms with van der Waals surface area (Å²) in [6.45, 7) is 1.08. The second-order valence-corrected chi connectivity index (χ2v) is 5.89. The lowest BCUT2D eigenvalue weighted by Gasteiger charge is -2.29. The van der Waals surface area contributed by atoms with Crippen LogP contribution in [0.4, 0.5) is 0 Å². The van der Waals surface area contributed by atoms with Gasteiger partial charge in [0.15, 0.2) is 0 Å². The molecule has 15 heavy (non-hydrogen) atoms. The Kier molecular flexibility index (Phi) is 4.10. The zero-order valence-electron chi connectivity index (χ0n) is 8.85. The quantitative estimate of drug-likeness (QED) is 0.726. The topological polar surface area (TPSA) is 80.5 Å². The number of piperidine rings is 1. The van der Waals surface area contributed by atoms with Crippen LogP contribution in [0.15, 0.2) is 0 Å². The first-order valence-electron chi connectivity index (χ1n) is 4.96. The zero-order chi connectivity index (χ0) is 11.5. The molecule has 0 saturated carbocycles. The fraction of sp³-hybridized carbons (Fsp3) is 0.778. The maximum absolute atomic E-state index is 11.2. The molecule has 1 rings (SSSR count). The van der Waals surface area contributed by atoms with Gasteiger partial charge in [-0.3, -0.25) is 4.79 Å². The van der Waals surface area contributed by atoms with E-state index in [9.17, 15) is 13.2 Å². The maximum Gasteiger partial charge on any atom is 0.217 e. The highest BCUT2D eigenvalue weighted by Crippen LogP contribution is 2.22. The summed E-state index contributed by atoms with van der Waals surface area (Å²) in [5.74, 6) is -0.0176. The van der Waals surface area contributed by atoms with Crippen LogP contribution in [0, 0.1) is 12.3 Å². The van der Waals surface area contributed by atoms with Gasteiger partial charge in [-0.2, -0.15) is 0 Å². The summed E-state index contributed by atoms with van der Waals surface area (Å²) >= 11 is 0. The monoisotopic (exact) mass is 233 g/mol. The lowest BCUT2D eigenvalue weighted by atomic mass is 9.93. The van der Waals surface area contributed by atoms with Crippen molar-refractivity contribution in [2.45, 2.75) is 19.3 Å². The van der Waals surface area contributed by atoms with Gasteiger partial charge >= 0.3 is 0 Å². The van der Waals surface area contributed by atoms with Crippen molar-refractivity contribution in [1.82, 2.24) is 4.31 Å². The third-order valence-electron chi connectivity index (χ3n) is 2.62. The number of sulfonamides is 1. The Morgan fingerprint density at radius 3 is 2.40 bits per heavy atom. The van der Waals surface area contributed by atoms with Crippen molar-refractivity contribution in [3.63, 3.8) is 0 Å². The Morgan fingerprint density at radius 1 is 1.47 bits per heavy atom. The summed E-state index contributed by atoms with van der Waals surface area (Å²) in [6.07, 6.45) is 4.95. The molecule has 0 aromatic rings. The fourth-order valence-corrected chi connectivity index (χ4v) is 2.60. The zero-order valence-corrected chi connectivity index (χ0v) is 9.66. The van der Waals surface area contributed by atoms with E-state index in [0.29, 0.717) is 19.0 Å². The normalized spacial score (nSPS) is 20.3. The van der Waals surface area contributed by atoms with Gasteiger partial charge in [0.25, 0.3) is 0 Å². The average Bonchev–Trinajstić information content (AvgIpc) is 2.14. The van der Waals surface area contributed by atoms with Crippen LogP contribution in [0.1, 0.15) is 19.3 Å². The van der Waals surface area contributed by atoms with E-state index in [-0.39, 0.29) is 12.3 Å². The van der Waals surface area contributed by atoms with Crippen molar-refractivity contribution >= 4 is 15.9 Å². The van der Waals surface area contributed by atoms with Crippen molar-refractivity contribution < 1.29 is 13.2 Å². The highest BCUT2D eigenvalue weighted by Gasteiger charge is 2.24. The van der Waals surface area contributed by atoms with E-state index in [4.69, 9.17) is 5.73 Å². The van der Waals surface area contributed by atoms with Crippen molar-refractivity contribution in [3.8, 4) is 0 Å². The minimum absolute atomic E-state index is 0.281. The first-order valence-corrected chi connectivity index (χ1v) is 6.81. The predicted octanol–water partition coefficient (Wildman–Crippen LogP) is -0.262. The smallest absolute Gasteiger partial charge is 0.217 e. The standard InChI is InChI=1S/C9H17N2O3S/c1-15(13,14)11-6-4-8(5-7-11)2-3-9(10)12/h2,8H,3-7H2,1H3,(H2,10,12). The second-order valence-electron chi connectivity index (χ2n) is 3.91. The third-order valence-corrected chi connectivity index (χ3v) is 3.92. The first kappa shape index (κ1) is 12.4. The van der Waals surface area contributed by atoms with E-state index in [1.165, 1.54) is 10.6 Å². The number of nitrogens with two attached hydrogens (primary N) is 1. The number of primary amides is 1. The SMILES string of the molecule is CS(=O)(=O)N1CCC([CH]CC(N)=O)CC1. The maximum atomic E-state index is 11.2. The largest absolute Gasteiger partial charge is 0.370 e. The molecule has 2 N–H and O–H groups in total. The summed E-state index contributed by atoms with van der Waals surface area (Å²) < 4.78 is 23.9. The summed E-state index contributed by atoms with van der Waals surface area (Å²) in [6, 6.07) is 0. The molecule has 1 heterocycles. The number of nitrogens with zero attached hydrogens (tertiary/aromatic N) is 1. The van der Waals surface area contributed by atoms with Gasteiger partial charge < -0.3 is 5.73 Å². The number of amides is 1. The predicted molar refractivity (Wildman–Crippen MR) is 57.3 cm³/mol. The van der Waals surface area contributed by atoms with Crippen LogP contribution >= 0.6 is 0 Å². The Morgan fingerprint density at radius 2 is 2.00 bits per heavy atom. The number of carbonyl (C=O) groups excluding carboxylic acids is 1. The second kappa shape index (κ2) is 4.94. The van der Waals surface area contributed by atoms with Crippen molar-refractivity contribution in [2.75, 3.05) is 19.3 Å². The van der Waals surface area contributed by atoms with Crippen LogP contribution in [0.25, 0.3) is 0 Å². The fourth-order valence-electron chi connectivity index (χ4n) is 1.73. The molecule has 0 atom stereocenters. The van der Waals surface area contributed by atoms with Crippen LogP contribution in [0.3, 0.4) is 0 Å². The van der Waals surface area contributed by atoms with E-state index in [1.807, 2.05) is 6.42 Å². The van der Waals surface area contributed by atoms with Gasteiger partial charge in [0, 0.05) is 19.5 Å². The molecule has 87 valence electrons. The van der Waals surface area contributed by atoms with E-state index < -0.39 is 10.0 Å². The molecular weight excluding hydrogens is 216 g/mol. The molecular formula is C9H17N2O3S. The van der Waals surface area contributed by atoms with Crippen molar-refractivity contribution in [1.29, 1.82) is 0 Å². The van der Waals surface area contributed by atoms with E-state index in [2.05, 4.69) is 0 Å². The molecule has 0 aromatic carbocycles. The van der Waals surface area contributed by atoms with E-state index in [0.717, 1.165) is 12.8 Å². The van der Waals surface area contributed by atoms with Gasteiger partial charge in [-0.15, -0.1) is 0 Å². The van der Waals surface area contributed by atoms with E-state index in [1.54, 1.807) is 0 Å². The Balaban J connectivity index is 2.33.